The summed E-state index contributed by atoms with van der Waals surface area (Å²) in [6, 6.07) is 9.87. The first-order valence-corrected chi connectivity index (χ1v) is 7.00. The molecule has 4 nitrogen and oxygen atoms in total. The van der Waals surface area contributed by atoms with Crippen molar-refractivity contribution in [2.24, 2.45) is 0 Å². The van der Waals surface area contributed by atoms with Gasteiger partial charge in [-0.2, -0.15) is 0 Å². The maximum Gasteiger partial charge on any atom is 0.269 e. The predicted octanol–water partition coefficient (Wildman–Crippen LogP) is 3.14. The van der Waals surface area contributed by atoms with Crippen molar-refractivity contribution in [1.82, 2.24) is 10.9 Å². The van der Waals surface area contributed by atoms with E-state index in [1.54, 1.807) is 0 Å². The molecule has 0 unspecified atom stereocenters. The fourth-order valence-corrected chi connectivity index (χ4v) is 1.97. The molecule has 0 radical (unpaired) electrons. The van der Waals surface area contributed by atoms with Gasteiger partial charge in [0.1, 0.15) is 5.82 Å². The summed E-state index contributed by atoms with van der Waals surface area (Å²) in [6.45, 7) is 0. The van der Waals surface area contributed by atoms with E-state index in [2.05, 4.69) is 10.9 Å². The van der Waals surface area contributed by atoms with Crippen LogP contribution in [0.25, 0.3) is 0 Å². The molecule has 0 spiro atoms. The molecule has 2 amide bonds. The minimum Gasteiger partial charge on any atom is -0.273 e. The lowest BCUT2D eigenvalue weighted by molar-refractivity contribution is -0.121. The number of carbonyl (C=O) groups excluding carboxylic acids is 2. The van der Waals surface area contributed by atoms with Gasteiger partial charge < -0.3 is 0 Å². The molecule has 0 aliphatic heterocycles. The van der Waals surface area contributed by atoms with Crippen molar-refractivity contribution in [2.75, 3.05) is 0 Å². The van der Waals surface area contributed by atoms with Gasteiger partial charge in [0.2, 0.25) is 5.91 Å². The lowest BCUT2D eigenvalue weighted by Gasteiger charge is -2.08. The first kappa shape index (κ1) is 16.3. The van der Waals surface area contributed by atoms with Gasteiger partial charge in [-0.15, -0.1) is 0 Å². The van der Waals surface area contributed by atoms with Crippen molar-refractivity contribution in [3.8, 4) is 0 Å². The van der Waals surface area contributed by atoms with Crippen LogP contribution in [0.15, 0.2) is 42.5 Å². The summed E-state index contributed by atoms with van der Waals surface area (Å²) in [5.41, 5.74) is 5.42. The molecule has 2 aromatic carbocycles. The minimum atomic E-state index is -0.522. The minimum absolute atomic E-state index is 0.0158. The molecule has 0 heterocycles. The summed E-state index contributed by atoms with van der Waals surface area (Å²) < 4.78 is 12.7. The van der Waals surface area contributed by atoms with E-state index < -0.39 is 11.8 Å². The SMILES string of the molecule is O=C(Cc1ccc(F)cc1)NNC(=O)c1ccc(Cl)c(Cl)c1. The third kappa shape index (κ3) is 4.44. The summed E-state index contributed by atoms with van der Waals surface area (Å²) in [6.07, 6.45) is 0.0158. The van der Waals surface area contributed by atoms with Gasteiger partial charge in [-0.3, -0.25) is 20.4 Å². The van der Waals surface area contributed by atoms with Crippen molar-refractivity contribution in [2.45, 2.75) is 6.42 Å². The van der Waals surface area contributed by atoms with E-state index in [0.29, 0.717) is 10.6 Å². The maximum absolute atomic E-state index is 12.7. The largest absolute Gasteiger partial charge is 0.273 e. The average molecular weight is 341 g/mol. The Balaban J connectivity index is 1.88. The fraction of sp³-hybridized carbons (Fsp3) is 0.0667. The number of benzene rings is 2. The topological polar surface area (TPSA) is 58.2 Å². The van der Waals surface area contributed by atoms with Crippen LogP contribution in [-0.2, 0) is 11.2 Å². The molecule has 0 aliphatic carbocycles. The molecule has 0 saturated heterocycles. The number of rotatable bonds is 3. The summed E-state index contributed by atoms with van der Waals surface area (Å²) >= 11 is 11.6. The third-order valence-electron chi connectivity index (χ3n) is 2.78. The number of hydrogen-bond acceptors (Lipinski definition) is 2. The van der Waals surface area contributed by atoms with E-state index in [4.69, 9.17) is 23.2 Å². The van der Waals surface area contributed by atoms with Crippen LogP contribution in [0.4, 0.5) is 4.39 Å². The number of amides is 2. The van der Waals surface area contributed by atoms with E-state index in [-0.39, 0.29) is 22.8 Å². The molecular weight excluding hydrogens is 330 g/mol. The molecule has 0 fully saturated rings. The Labute approximate surface area is 136 Å². The van der Waals surface area contributed by atoms with Crippen molar-refractivity contribution in [3.05, 3.63) is 69.5 Å². The number of hydrogen-bond donors (Lipinski definition) is 2. The molecule has 7 heteroatoms. The van der Waals surface area contributed by atoms with Gasteiger partial charge in [-0.1, -0.05) is 35.3 Å². The summed E-state index contributed by atoms with van der Waals surface area (Å²) in [4.78, 5) is 23.5. The number of halogens is 3. The van der Waals surface area contributed by atoms with Crippen LogP contribution < -0.4 is 10.9 Å². The Kier molecular flexibility index (Phi) is 5.35. The van der Waals surface area contributed by atoms with Gasteiger partial charge in [-0.25, -0.2) is 4.39 Å². The van der Waals surface area contributed by atoms with Crippen molar-refractivity contribution >= 4 is 35.0 Å². The van der Waals surface area contributed by atoms with Crippen LogP contribution in [-0.4, -0.2) is 11.8 Å². The van der Waals surface area contributed by atoms with E-state index in [1.165, 1.54) is 42.5 Å². The van der Waals surface area contributed by atoms with Crippen molar-refractivity contribution in [1.29, 1.82) is 0 Å². The smallest absolute Gasteiger partial charge is 0.269 e. The van der Waals surface area contributed by atoms with Crippen LogP contribution in [0.1, 0.15) is 15.9 Å². The number of hydrazine groups is 1. The standard InChI is InChI=1S/C15H11Cl2FN2O2/c16-12-6-3-10(8-13(12)17)15(22)20-19-14(21)7-9-1-4-11(18)5-2-9/h1-6,8H,7H2,(H,19,21)(H,20,22). The Morgan fingerprint density at radius 3 is 2.27 bits per heavy atom. The highest BCUT2D eigenvalue weighted by Gasteiger charge is 2.09. The highest BCUT2D eigenvalue weighted by atomic mass is 35.5. The Hall–Kier alpha value is -2.11. The predicted molar refractivity (Wildman–Crippen MR) is 82.2 cm³/mol. The molecule has 2 rings (SSSR count). The van der Waals surface area contributed by atoms with E-state index in [9.17, 15) is 14.0 Å². The first-order valence-electron chi connectivity index (χ1n) is 6.24. The Bertz CT molecular complexity index is 705. The molecule has 2 N–H and O–H groups in total. The lowest BCUT2D eigenvalue weighted by atomic mass is 10.1. The van der Waals surface area contributed by atoms with Gasteiger partial charge in [0.25, 0.3) is 5.91 Å². The Morgan fingerprint density at radius 2 is 1.64 bits per heavy atom. The third-order valence-corrected chi connectivity index (χ3v) is 3.51. The lowest BCUT2D eigenvalue weighted by Crippen LogP contribution is -2.42. The highest BCUT2D eigenvalue weighted by molar-refractivity contribution is 6.42. The van der Waals surface area contributed by atoms with Crippen LogP contribution >= 0.6 is 23.2 Å². The first-order chi connectivity index (χ1) is 10.5. The van der Waals surface area contributed by atoms with Crippen LogP contribution in [0.5, 0.6) is 0 Å². The Morgan fingerprint density at radius 1 is 0.955 bits per heavy atom. The van der Waals surface area contributed by atoms with Crippen LogP contribution in [0, 0.1) is 5.82 Å². The van der Waals surface area contributed by atoms with E-state index >= 15 is 0 Å². The monoisotopic (exact) mass is 340 g/mol. The molecule has 0 bridgehead atoms. The van der Waals surface area contributed by atoms with Crippen molar-refractivity contribution in [3.63, 3.8) is 0 Å². The van der Waals surface area contributed by atoms with E-state index in [0.717, 1.165) is 0 Å². The van der Waals surface area contributed by atoms with Gasteiger partial charge in [0, 0.05) is 5.56 Å². The summed E-state index contributed by atoms with van der Waals surface area (Å²) in [7, 11) is 0. The zero-order valence-electron chi connectivity index (χ0n) is 11.2. The zero-order valence-corrected chi connectivity index (χ0v) is 12.7. The fourth-order valence-electron chi connectivity index (χ4n) is 1.67. The molecule has 0 atom stereocenters. The van der Waals surface area contributed by atoms with Gasteiger partial charge in [-0.05, 0) is 35.9 Å². The molecule has 114 valence electrons. The second-order valence-corrected chi connectivity index (χ2v) is 5.25. The molecule has 0 aromatic heterocycles. The average Bonchev–Trinajstić information content (AvgIpc) is 2.50. The molecular formula is C15H11Cl2FN2O2. The zero-order chi connectivity index (χ0) is 16.1. The highest BCUT2D eigenvalue weighted by Crippen LogP contribution is 2.22. The number of nitrogens with one attached hydrogen (secondary N) is 2. The summed E-state index contributed by atoms with van der Waals surface area (Å²) in [5.74, 6) is -1.33. The normalized spacial score (nSPS) is 10.1. The second kappa shape index (κ2) is 7.24. The maximum atomic E-state index is 12.7. The van der Waals surface area contributed by atoms with Gasteiger partial charge >= 0.3 is 0 Å². The van der Waals surface area contributed by atoms with Crippen LogP contribution in [0.2, 0.25) is 10.0 Å². The second-order valence-electron chi connectivity index (χ2n) is 4.43. The number of carbonyl (C=O) groups is 2. The van der Waals surface area contributed by atoms with Crippen LogP contribution in [0.3, 0.4) is 0 Å². The molecule has 0 aliphatic rings. The molecule has 22 heavy (non-hydrogen) atoms. The van der Waals surface area contributed by atoms with Gasteiger partial charge in [0.15, 0.2) is 0 Å². The van der Waals surface area contributed by atoms with E-state index in [1.807, 2.05) is 0 Å². The van der Waals surface area contributed by atoms with Crippen molar-refractivity contribution < 1.29 is 14.0 Å². The quantitative estimate of drug-likeness (QED) is 0.843. The molecule has 0 saturated carbocycles. The molecule has 2 aromatic rings. The summed E-state index contributed by atoms with van der Waals surface area (Å²) in [5, 5.41) is 0.575. The van der Waals surface area contributed by atoms with Gasteiger partial charge in [0.05, 0.1) is 16.5 Å².